The largest absolute Gasteiger partial charge is 0.469 e. The lowest BCUT2D eigenvalue weighted by Gasteiger charge is -2.03. The highest BCUT2D eigenvalue weighted by Crippen LogP contribution is 2.30. The minimum atomic E-state index is -0.390. The Morgan fingerprint density at radius 1 is 1.35 bits per heavy atom. The summed E-state index contributed by atoms with van der Waals surface area (Å²) in [6.07, 6.45) is 2.17. The number of carbonyl (C=O) groups excluding carboxylic acids is 2. The van der Waals surface area contributed by atoms with Gasteiger partial charge >= 0.3 is 5.97 Å². The van der Waals surface area contributed by atoms with E-state index in [2.05, 4.69) is 15.2 Å². The molecular formula is C15H15ClN2O4S. The molecule has 0 saturated carbocycles. The molecule has 2 rings (SSSR count). The lowest BCUT2D eigenvalue weighted by Crippen LogP contribution is -2.23. The maximum absolute atomic E-state index is 11.9. The summed E-state index contributed by atoms with van der Waals surface area (Å²) in [4.78, 5) is 32.5. The molecule has 0 aliphatic heterocycles. The van der Waals surface area contributed by atoms with E-state index in [1.165, 1.54) is 24.6 Å². The number of methoxy groups -OCH3 is 1. The van der Waals surface area contributed by atoms with Gasteiger partial charge in [0, 0.05) is 12.0 Å². The molecule has 1 N–H and O–H groups in total. The Kier molecular flexibility index (Phi) is 6.52. The Morgan fingerprint density at radius 3 is 2.87 bits per heavy atom. The summed E-state index contributed by atoms with van der Waals surface area (Å²) in [7, 11) is 1.32. The summed E-state index contributed by atoms with van der Waals surface area (Å²) in [6.45, 7) is 0.219. The lowest BCUT2D eigenvalue weighted by atomic mass is 10.2. The third-order valence-electron chi connectivity index (χ3n) is 2.85. The second-order valence-corrected chi connectivity index (χ2v) is 5.91. The molecule has 0 unspecified atom stereocenters. The number of aromatic nitrogens is 1. The summed E-state index contributed by atoms with van der Waals surface area (Å²) >= 11 is 7.33. The smallest absolute Gasteiger partial charge is 0.305 e. The third kappa shape index (κ3) is 5.02. The number of rotatable bonds is 7. The Morgan fingerprint density at radius 2 is 2.13 bits per heavy atom. The fraction of sp³-hybridized carbons (Fsp3) is 0.267. The van der Waals surface area contributed by atoms with E-state index >= 15 is 0 Å². The molecule has 0 saturated heterocycles. The quantitative estimate of drug-likeness (QED) is 0.469. The number of hydrogen-bond acceptors (Lipinski definition) is 6. The Bertz CT molecular complexity index is 690. The van der Waals surface area contributed by atoms with Crippen LogP contribution < -0.4 is 5.48 Å². The maximum Gasteiger partial charge on any atom is 0.305 e. The fourth-order valence-corrected chi connectivity index (χ4v) is 2.82. The van der Waals surface area contributed by atoms with Crippen LogP contribution in [0.15, 0.2) is 30.5 Å². The predicted molar refractivity (Wildman–Crippen MR) is 87.2 cm³/mol. The Labute approximate surface area is 142 Å². The van der Waals surface area contributed by atoms with E-state index in [0.29, 0.717) is 21.3 Å². The van der Waals surface area contributed by atoms with Gasteiger partial charge in [-0.15, -0.1) is 11.3 Å². The van der Waals surface area contributed by atoms with Crippen LogP contribution in [0.4, 0.5) is 0 Å². The molecule has 1 aromatic heterocycles. The van der Waals surface area contributed by atoms with Gasteiger partial charge in [-0.2, -0.15) is 0 Å². The Balaban J connectivity index is 1.85. The molecule has 1 heterocycles. The molecule has 1 aromatic carbocycles. The Hall–Kier alpha value is -1.96. The van der Waals surface area contributed by atoms with Crippen LogP contribution >= 0.6 is 22.9 Å². The minimum absolute atomic E-state index is 0.219. The van der Waals surface area contributed by atoms with Gasteiger partial charge in [0.25, 0.3) is 5.91 Å². The second kappa shape index (κ2) is 8.61. The van der Waals surface area contributed by atoms with Crippen molar-refractivity contribution in [3.63, 3.8) is 0 Å². The van der Waals surface area contributed by atoms with Crippen molar-refractivity contribution in [1.82, 2.24) is 10.5 Å². The first-order chi connectivity index (χ1) is 11.1. The number of carbonyl (C=O) groups is 2. The van der Waals surface area contributed by atoms with E-state index in [-0.39, 0.29) is 24.9 Å². The second-order valence-electron chi connectivity index (χ2n) is 4.47. The van der Waals surface area contributed by atoms with Crippen molar-refractivity contribution < 1.29 is 19.2 Å². The van der Waals surface area contributed by atoms with E-state index in [1.807, 2.05) is 18.2 Å². The molecule has 0 aliphatic carbocycles. The molecule has 23 heavy (non-hydrogen) atoms. The van der Waals surface area contributed by atoms with Gasteiger partial charge in [-0.25, -0.2) is 10.5 Å². The van der Waals surface area contributed by atoms with Gasteiger partial charge in [-0.3, -0.25) is 14.4 Å². The average Bonchev–Trinajstić information content (AvgIpc) is 3.04. The van der Waals surface area contributed by atoms with Crippen molar-refractivity contribution in [3.05, 3.63) is 40.4 Å². The van der Waals surface area contributed by atoms with Crippen molar-refractivity contribution in [2.75, 3.05) is 13.7 Å². The highest BCUT2D eigenvalue weighted by Gasteiger charge is 2.13. The van der Waals surface area contributed by atoms with E-state index in [9.17, 15) is 9.59 Å². The molecule has 0 fully saturated rings. The third-order valence-corrected chi connectivity index (χ3v) is 4.21. The summed E-state index contributed by atoms with van der Waals surface area (Å²) in [5.74, 6) is -0.703. The molecular weight excluding hydrogens is 340 g/mol. The van der Waals surface area contributed by atoms with Crippen LogP contribution in [0, 0.1) is 0 Å². The number of halogens is 1. The number of ether oxygens (including phenoxy) is 1. The van der Waals surface area contributed by atoms with Gasteiger partial charge < -0.3 is 4.74 Å². The first-order valence-electron chi connectivity index (χ1n) is 6.81. The van der Waals surface area contributed by atoms with Crippen molar-refractivity contribution >= 4 is 34.8 Å². The zero-order valence-electron chi connectivity index (χ0n) is 12.4. The van der Waals surface area contributed by atoms with Crippen molar-refractivity contribution in [3.8, 4) is 10.6 Å². The van der Waals surface area contributed by atoms with Gasteiger partial charge in [0.05, 0.1) is 24.9 Å². The summed E-state index contributed by atoms with van der Waals surface area (Å²) < 4.78 is 4.50. The van der Waals surface area contributed by atoms with Gasteiger partial charge in [-0.1, -0.05) is 29.8 Å². The topological polar surface area (TPSA) is 77.5 Å². The minimum Gasteiger partial charge on any atom is -0.469 e. The molecule has 0 aliphatic rings. The zero-order valence-corrected chi connectivity index (χ0v) is 13.9. The number of hydrogen-bond donors (Lipinski definition) is 1. The summed E-state index contributed by atoms with van der Waals surface area (Å²) in [5, 5.41) is 1.24. The number of nitrogens with zero attached hydrogens (tertiary/aromatic N) is 1. The number of nitrogens with one attached hydrogen (secondary N) is 1. The molecule has 8 heteroatoms. The first kappa shape index (κ1) is 17.4. The molecule has 122 valence electrons. The van der Waals surface area contributed by atoms with Gasteiger partial charge in [0.15, 0.2) is 0 Å². The first-order valence-corrected chi connectivity index (χ1v) is 8.01. The average molecular weight is 355 g/mol. The van der Waals surface area contributed by atoms with E-state index in [0.717, 1.165) is 5.56 Å². The normalized spacial score (nSPS) is 10.3. The van der Waals surface area contributed by atoms with Gasteiger partial charge in [0.2, 0.25) is 0 Å². The number of amides is 1. The highest BCUT2D eigenvalue weighted by atomic mass is 35.5. The number of esters is 1. The molecule has 6 nitrogen and oxygen atoms in total. The molecule has 1 amide bonds. The number of benzene rings is 1. The molecule has 0 atom stereocenters. The van der Waals surface area contributed by atoms with Crippen molar-refractivity contribution in [2.24, 2.45) is 0 Å². The molecule has 0 bridgehead atoms. The highest BCUT2D eigenvalue weighted by molar-refractivity contribution is 7.17. The monoisotopic (exact) mass is 354 g/mol. The lowest BCUT2D eigenvalue weighted by molar-refractivity contribution is -0.141. The molecule has 0 radical (unpaired) electrons. The summed E-state index contributed by atoms with van der Waals surface area (Å²) in [6, 6.07) is 7.29. The van der Waals surface area contributed by atoms with Crippen LogP contribution in [0.2, 0.25) is 5.02 Å². The van der Waals surface area contributed by atoms with E-state index in [4.69, 9.17) is 16.4 Å². The fourth-order valence-electron chi connectivity index (χ4n) is 1.70. The SMILES string of the molecule is COC(=O)CCCONC(=O)c1cnc(-c2ccccc2Cl)s1. The van der Waals surface area contributed by atoms with Gasteiger partial charge in [-0.05, 0) is 12.5 Å². The van der Waals surface area contributed by atoms with E-state index < -0.39 is 0 Å². The van der Waals surface area contributed by atoms with Crippen molar-refractivity contribution in [2.45, 2.75) is 12.8 Å². The van der Waals surface area contributed by atoms with Crippen LogP contribution in [0.1, 0.15) is 22.5 Å². The molecule has 2 aromatic rings. The van der Waals surface area contributed by atoms with Crippen LogP contribution in [0.25, 0.3) is 10.6 Å². The van der Waals surface area contributed by atoms with Crippen LogP contribution in [-0.2, 0) is 14.4 Å². The van der Waals surface area contributed by atoms with Crippen LogP contribution in [-0.4, -0.2) is 30.6 Å². The number of hydroxylamine groups is 1. The van der Waals surface area contributed by atoms with E-state index in [1.54, 1.807) is 6.07 Å². The number of thiazole rings is 1. The maximum atomic E-state index is 11.9. The summed E-state index contributed by atoms with van der Waals surface area (Å²) in [5.41, 5.74) is 3.09. The standard InChI is InChI=1S/C15H15ClN2O4S/c1-21-13(19)7-4-8-22-18-14(20)12-9-17-15(23-12)10-5-2-3-6-11(10)16/h2-3,5-6,9H,4,7-8H2,1H3,(H,18,20). The van der Waals surface area contributed by atoms with Crippen molar-refractivity contribution in [1.29, 1.82) is 0 Å². The van der Waals surface area contributed by atoms with Crippen LogP contribution in [0.5, 0.6) is 0 Å². The molecule has 0 spiro atoms. The zero-order chi connectivity index (χ0) is 16.7. The predicted octanol–water partition coefficient (Wildman–Crippen LogP) is 3.08. The van der Waals surface area contributed by atoms with Crippen LogP contribution in [0.3, 0.4) is 0 Å². The van der Waals surface area contributed by atoms with Gasteiger partial charge in [0.1, 0.15) is 9.88 Å².